The Hall–Kier alpha value is -1.79. The summed E-state index contributed by atoms with van der Waals surface area (Å²) in [6.45, 7) is 8.17. The molecule has 1 fully saturated rings. The second-order valence-corrected chi connectivity index (χ2v) is 7.61. The van der Waals surface area contributed by atoms with Crippen molar-refractivity contribution in [2.45, 2.75) is 58.7 Å². The number of nitrogens with zero attached hydrogens (tertiary/aromatic N) is 2. The van der Waals surface area contributed by atoms with Crippen LogP contribution in [0.4, 0.5) is 18.0 Å². The van der Waals surface area contributed by atoms with Crippen LogP contribution in [0.1, 0.15) is 50.6 Å². The number of carbonyl (C=O) groups is 1. The van der Waals surface area contributed by atoms with E-state index in [9.17, 15) is 18.0 Å². The number of carbonyl (C=O) groups excluding carboxylic acids is 1. The van der Waals surface area contributed by atoms with Crippen molar-refractivity contribution in [2.24, 2.45) is 5.92 Å². The highest BCUT2D eigenvalue weighted by molar-refractivity contribution is 5.68. The molecule has 0 aliphatic carbocycles. The van der Waals surface area contributed by atoms with Gasteiger partial charge < -0.3 is 9.64 Å². The van der Waals surface area contributed by atoms with Crippen LogP contribution in [0.5, 0.6) is 0 Å². The summed E-state index contributed by atoms with van der Waals surface area (Å²) in [5, 5.41) is 0. The Morgan fingerprint density at radius 1 is 1.24 bits per heavy atom. The number of aromatic nitrogens is 1. The van der Waals surface area contributed by atoms with Gasteiger partial charge in [-0.1, -0.05) is 0 Å². The van der Waals surface area contributed by atoms with Crippen LogP contribution in [0.15, 0.2) is 12.1 Å². The summed E-state index contributed by atoms with van der Waals surface area (Å²) in [6.07, 6.45) is -2.69. The van der Waals surface area contributed by atoms with E-state index in [0.29, 0.717) is 30.8 Å². The van der Waals surface area contributed by atoms with E-state index in [1.54, 1.807) is 17.9 Å². The minimum atomic E-state index is -4.43. The lowest BCUT2D eigenvalue weighted by atomic mass is 9.90. The predicted molar refractivity (Wildman–Crippen MR) is 88.2 cm³/mol. The zero-order valence-electron chi connectivity index (χ0n) is 15.1. The zero-order valence-corrected chi connectivity index (χ0v) is 15.1. The third kappa shape index (κ3) is 5.90. The van der Waals surface area contributed by atoms with Gasteiger partial charge in [-0.25, -0.2) is 9.78 Å². The summed E-state index contributed by atoms with van der Waals surface area (Å²) >= 11 is 0. The van der Waals surface area contributed by atoms with Gasteiger partial charge in [-0.15, -0.1) is 0 Å². The summed E-state index contributed by atoms with van der Waals surface area (Å²) in [5.74, 6) is 0.251. The third-order valence-corrected chi connectivity index (χ3v) is 4.09. The number of hydrogen-bond donors (Lipinski definition) is 0. The number of rotatable bonds is 2. The fraction of sp³-hybridized carbons (Fsp3) is 0.667. The molecule has 1 amide bonds. The molecular formula is C18H25F3N2O2. The lowest BCUT2D eigenvalue weighted by Gasteiger charge is -2.33. The molecule has 25 heavy (non-hydrogen) atoms. The molecule has 7 heteroatoms. The third-order valence-electron chi connectivity index (χ3n) is 4.09. The lowest BCUT2D eigenvalue weighted by molar-refractivity contribution is -0.141. The van der Waals surface area contributed by atoms with Crippen LogP contribution in [0.3, 0.4) is 0 Å². The van der Waals surface area contributed by atoms with Gasteiger partial charge in [-0.2, -0.15) is 13.2 Å². The Balaban J connectivity index is 1.94. The number of piperidine rings is 1. The van der Waals surface area contributed by atoms with Gasteiger partial charge >= 0.3 is 12.3 Å². The van der Waals surface area contributed by atoms with E-state index in [0.717, 1.165) is 18.9 Å². The van der Waals surface area contributed by atoms with Gasteiger partial charge in [0.25, 0.3) is 0 Å². The molecule has 0 atom stereocenters. The van der Waals surface area contributed by atoms with Crippen LogP contribution in [-0.4, -0.2) is 34.7 Å². The molecule has 2 heterocycles. The smallest absolute Gasteiger partial charge is 0.433 e. The fourth-order valence-corrected chi connectivity index (χ4v) is 2.98. The van der Waals surface area contributed by atoms with Gasteiger partial charge in [0, 0.05) is 18.8 Å². The highest BCUT2D eigenvalue weighted by Gasteiger charge is 2.33. The van der Waals surface area contributed by atoms with Crippen LogP contribution in [0.2, 0.25) is 0 Å². The number of hydrogen-bond acceptors (Lipinski definition) is 3. The number of likely N-dealkylation sites (tertiary alicyclic amines) is 1. The van der Waals surface area contributed by atoms with Crippen LogP contribution < -0.4 is 0 Å². The van der Waals surface area contributed by atoms with Gasteiger partial charge in [0.2, 0.25) is 0 Å². The summed E-state index contributed by atoms with van der Waals surface area (Å²) in [4.78, 5) is 17.3. The van der Waals surface area contributed by atoms with Crippen LogP contribution in [-0.2, 0) is 17.3 Å². The number of pyridine rings is 1. The minimum Gasteiger partial charge on any atom is -0.444 e. The molecule has 2 rings (SSSR count). The molecule has 140 valence electrons. The van der Waals surface area contributed by atoms with E-state index in [4.69, 9.17) is 4.74 Å². The average molecular weight is 358 g/mol. The van der Waals surface area contributed by atoms with Gasteiger partial charge in [0.05, 0.1) is 0 Å². The highest BCUT2D eigenvalue weighted by atomic mass is 19.4. The predicted octanol–water partition coefficient (Wildman–Crippen LogP) is 4.60. The van der Waals surface area contributed by atoms with Crippen molar-refractivity contribution in [2.75, 3.05) is 13.1 Å². The SMILES string of the molecule is Cc1cc(CC2CCN(C(=O)OC(C)(C)C)CC2)cc(C(F)(F)F)n1. The van der Waals surface area contributed by atoms with E-state index >= 15 is 0 Å². The molecule has 0 saturated carbocycles. The molecule has 1 aromatic rings. The number of alkyl halides is 3. The molecule has 0 radical (unpaired) electrons. The van der Waals surface area contributed by atoms with Crippen molar-refractivity contribution in [1.29, 1.82) is 0 Å². The molecule has 1 aliphatic rings. The zero-order chi connectivity index (χ0) is 18.8. The van der Waals surface area contributed by atoms with E-state index in [1.165, 1.54) is 0 Å². The van der Waals surface area contributed by atoms with Crippen molar-refractivity contribution in [3.05, 3.63) is 29.1 Å². The Bertz CT molecular complexity index is 616. The molecule has 0 aromatic carbocycles. The van der Waals surface area contributed by atoms with E-state index in [-0.39, 0.29) is 12.0 Å². The molecule has 0 N–H and O–H groups in total. The molecule has 1 aliphatic heterocycles. The molecule has 0 unspecified atom stereocenters. The second-order valence-electron chi connectivity index (χ2n) is 7.61. The first-order chi connectivity index (χ1) is 11.4. The maximum atomic E-state index is 12.9. The number of amides is 1. The highest BCUT2D eigenvalue weighted by Crippen LogP contribution is 2.30. The van der Waals surface area contributed by atoms with E-state index < -0.39 is 17.5 Å². The van der Waals surface area contributed by atoms with E-state index in [2.05, 4.69) is 4.98 Å². The number of ether oxygens (including phenoxy) is 1. The van der Waals surface area contributed by atoms with Crippen LogP contribution >= 0.6 is 0 Å². The largest absolute Gasteiger partial charge is 0.444 e. The summed E-state index contributed by atoms with van der Waals surface area (Å²) < 4.78 is 44.0. The standard InChI is InChI=1S/C18H25F3N2O2/c1-12-9-14(11-15(22-12)18(19,20)21)10-13-5-7-23(8-6-13)16(24)25-17(2,3)4/h9,11,13H,5-8,10H2,1-4H3. The molecule has 1 aromatic heterocycles. The Kier molecular flexibility index (Phi) is 5.64. The van der Waals surface area contributed by atoms with Crippen LogP contribution in [0, 0.1) is 12.8 Å². The summed E-state index contributed by atoms with van der Waals surface area (Å²) in [5.41, 5.74) is -0.350. The van der Waals surface area contributed by atoms with Crippen molar-refractivity contribution < 1.29 is 22.7 Å². The minimum absolute atomic E-state index is 0.251. The van der Waals surface area contributed by atoms with Crippen molar-refractivity contribution in [3.8, 4) is 0 Å². The summed E-state index contributed by atoms with van der Waals surface area (Å²) in [6, 6.07) is 2.84. The summed E-state index contributed by atoms with van der Waals surface area (Å²) in [7, 11) is 0. The van der Waals surface area contributed by atoms with Crippen molar-refractivity contribution in [3.63, 3.8) is 0 Å². The maximum Gasteiger partial charge on any atom is 0.433 e. The molecule has 4 nitrogen and oxygen atoms in total. The van der Waals surface area contributed by atoms with Gasteiger partial charge in [-0.3, -0.25) is 0 Å². The van der Waals surface area contributed by atoms with Gasteiger partial charge in [0.1, 0.15) is 11.3 Å². The normalized spacial score (nSPS) is 16.8. The Morgan fingerprint density at radius 3 is 2.36 bits per heavy atom. The topological polar surface area (TPSA) is 42.4 Å². The van der Waals surface area contributed by atoms with Crippen LogP contribution in [0.25, 0.3) is 0 Å². The van der Waals surface area contributed by atoms with Gasteiger partial charge in [-0.05, 0) is 70.6 Å². The first kappa shape index (κ1) is 19.5. The second kappa shape index (κ2) is 7.22. The maximum absolute atomic E-state index is 12.9. The monoisotopic (exact) mass is 358 g/mol. The first-order valence-corrected chi connectivity index (χ1v) is 8.47. The number of aryl methyl sites for hydroxylation is 1. The molecule has 1 saturated heterocycles. The number of halogens is 3. The van der Waals surface area contributed by atoms with Crippen molar-refractivity contribution >= 4 is 6.09 Å². The van der Waals surface area contributed by atoms with E-state index in [1.807, 2.05) is 20.8 Å². The lowest BCUT2D eigenvalue weighted by Crippen LogP contribution is -2.42. The Labute approximate surface area is 146 Å². The van der Waals surface area contributed by atoms with Crippen molar-refractivity contribution in [1.82, 2.24) is 9.88 Å². The quantitative estimate of drug-likeness (QED) is 0.776. The fourth-order valence-electron chi connectivity index (χ4n) is 2.98. The Morgan fingerprint density at radius 2 is 1.84 bits per heavy atom. The first-order valence-electron chi connectivity index (χ1n) is 8.47. The average Bonchev–Trinajstić information content (AvgIpc) is 2.44. The molecule has 0 spiro atoms. The molecule has 0 bridgehead atoms. The van der Waals surface area contributed by atoms with Gasteiger partial charge in [0.15, 0.2) is 0 Å². The molecular weight excluding hydrogens is 333 g/mol.